The first-order valence-electron chi connectivity index (χ1n) is 6.72. The molecule has 4 rings (SSSR count). The number of H-pyrrole nitrogens is 1. The van der Waals surface area contributed by atoms with Gasteiger partial charge in [0.05, 0.1) is 5.52 Å². The second-order valence-corrected chi connectivity index (χ2v) is 4.97. The average Bonchev–Trinajstić information content (AvgIpc) is 3.15. The van der Waals surface area contributed by atoms with Gasteiger partial charge in [-0.15, -0.1) is 0 Å². The van der Waals surface area contributed by atoms with Gasteiger partial charge in [-0.1, -0.05) is 23.4 Å². The Morgan fingerprint density at radius 3 is 2.82 bits per heavy atom. The number of aryl methyl sites for hydroxylation is 1. The van der Waals surface area contributed by atoms with Gasteiger partial charge in [0.1, 0.15) is 5.82 Å². The summed E-state index contributed by atoms with van der Waals surface area (Å²) in [7, 11) is 0. The summed E-state index contributed by atoms with van der Waals surface area (Å²) in [5, 5.41) is 11.9. The van der Waals surface area contributed by atoms with E-state index < -0.39 is 0 Å². The molecular formula is C15H12N6O. The number of nitrogens with one attached hydrogen (secondary N) is 1. The molecule has 108 valence electrons. The van der Waals surface area contributed by atoms with Crippen LogP contribution in [0.5, 0.6) is 0 Å². The SMILES string of the molecule is Cc1cc(-c2nc(-c3cc(N)nc4ccccc34)no2)n[nH]1. The highest BCUT2D eigenvalue weighted by Gasteiger charge is 2.15. The standard InChI is InChI=1S/C15H12N6O/c1-8-6-12(20-19-8)15-18-14(21-22-15)10-7-13(16)17-11-5-3-2-4-9(10)11/h2-7H,1H3,(H2,16,17)(H,19,20). The monoisotopic (exact) mass is 292 g/mol. The number of anilines is 1. The van der Waals surface area contributed by atoms with Gasteiger partial charge < -0.3 is 10.3 Å². The fraction of sp³-hybridized carbons (Fsp3) is 0.0667. The zero-order valence-corrected chi connectivity index (χ0v) is 11.7. The largest absolute Gasteiger partial charge is 0.384 e. The van der Waals surface area contributed by atoms with Gasteiger partial charge in [0.15, 0.2) is 5.69 Å². The number of hydrogen-bond donors (Lipinski definition) is 2. The predicted octanol–water partition coefficient (Wildman–Crippen LogP) is 2.57. The van der Waals surface area contributed by atoms with Crippen LogP contribution < -0.4 is 5.73 Å². The summed E-state index contributed by atoms with van der Waals surface area (Å²) in [5.74, 6) is 1.23. The lowest BCUT2D eigenvalue weighted by Gasteiger charge is -2.03. The van der Waals surface area contributed by atoms with E-state index in [1.807, 2.05) is 37.3 Å². The number of rotatable bonds is 2. The number of nitrogens with zero attached hydrogens (tertiary/aromatic N) is 4. The quantitative estimate of drug-likeness (QED) is 0.588. The molecule has 3 N–H and O–H groups in total. The van der Waals surface area contributed by atoms with Crippen LogP contribution in [0.4, 0.5) is 5.82 Å². The van der Waals surface area contributed by atoms with E-state index in [0.717, 1.165) is 22.2 Å². The zero-order valence-electron chi connectivity index (χ0n) is 11.7. The normalized spacial score (nSPS) is 11.1. The van der Waals surface area contributed by atoms with Crippen molar-refractivity contribution in [2.45, 2.75) is 6.92 Å². The van der Waals surface area contributed by atoms with Crippen LogP contribution in [0.25, 0.3) is 33.9 Å². The molecule has 7 nitrogen and oxygen atoms in total. The molecule has 0 unspecified atom stereocenters. The Morgan fingerprint density at radius 1 is 1.14 bits per heavy atom. The van der Waals surface area contributed by atoms with Gasteiger partial charge in [-0.2, -0.15) is 10.1 Å². The third-order valence-electron chi connectivity index (χ3n) is 3.33. The number of fused-ring (bicyclic) bond motifs is 1. The first-order chi connectivity index (χ1) is 10.7. The van der Waals surface area contributed by atoms with Crippen molar-refractivity contribution in [3.63, 3.8) is 0 Å². The predicted molar refractivity (Wildman–Crippen MR) is 81.8 cm³/mol. The molecule has 0 atom stereocenters. The second-order valence-electron chi connectivity index (χ2n) is 4.97. The molecule has 0 fully saturated rings. The van der Waals surface area contributed by atoms with Gasteiger partial charge in [-0.05, 0) is 25.1 Å². The second kappa shape index (κ2) is 4.66. The maximum absolute atomic E-state index is 5.87. The minimum atomic E-state index is 0.360. The van der Waals surface area contributed by atoms with Crippen LogP contribution in [0.15, 0.2) is 40.9 Å². The lowest BCUT2D eigenvalue weighted by Crippen LogP contribution is -1.93. The molecule has 0 spiro atoms. The van der Waals surface area contributed by atoms with Gasteiger partial charge in [-0.3, -0.25) is 5.10 Å². The summed E-state index contributed by atoms with van der Waals surface area (Å²) < 4.78 is 5.30. The van der Waals surface area contributed by atoms with Crippen molar-refractivity contribution in [1.29, 1.82) is 0 Å². The minimum Gasteiger partial charge on any atom is -0.384 e. The van der Waals surface area contributed by atoms with Crippen LogP contribution in [-0.4, -0.2) is 25.3 Å². The van der Waals surface area contributed by atoms with Crippen molar-refractivity contribution in [2.75, 3.05) is 5.73 Å². The number of aromatic amines is 1. The average molecular weight is 292 g/mol. The van der Waals surface area contributed by atoms with E-state index in [1.54, 1.807) is 6.07 Å². The maximum Gasteiger partial charge on any atom is 0.278 e. The third-order valence-corrected chi connectivity index (χ3v) is 3.33. The minimum absolute atomic E-state index is 0.360. The Bertz CT molecular complexity index is 971. The van der Waals surface area contributed by atoms with Crippen molar-refractivity contribution in [2.24, 2.45) is 0 Å². The Morgan fingerprint density at radius 2 is 2.00 bits per heavy atom. The maximum atomic E-state index is 5.87. The molecule has 0 aliphatic heterocycles. The molecule has 0 radical (unpaired) electrons. The Labute approximate surface area is 125 Å². The number of para-hydroxylation sites is 1. The van der Waals surface area contributed by atoms with Crippen LogP contribution in [0.2, 0.25) is 0 Å². The van der Waals surface area contributed by atoms with Crippen molar-refractivity contribution >= 4 is 16.7 Å². The highest BCUT2D eigenvalue weighted by molar-refractivity contribution is 5.94. The van der Waals surface area contributed by atoms with E-state index in [4.69, 9.17) is 10.3 Å². The fourth-order valence-corrected chi connectivity index (χ4v) is 2.35. The lowest BCUT2D eigenvalue weighted by molar-refractivity contribution is 0.431. The van der Waals surface area contributed by atoms with Crippen LogP contribution in [-0.2, 0) is 0 Å². The van der Waals surface area contributed by atoms with E-state index in [0.29, 0.717) is 23.2 Å². The molecule has 7 heteroatoms. The molecule has 0 amide bonds. The molecule has 4 aromatic rings. The molecule has 0 saturated carbocycles. The Kier molecular flexibility index (Phi) is 2.65. The fourth-order valence-electron chi connectivity index (χ4n) is 2.35. The number of pyridine rings is 1. The summed E-state index contributed by atoms with van der Waals surface area (Å²) in [4.78, 5) is 8.72. The summed E-state index contributed by atoms with van der Waals surface area (Å²) in [5.41, 5.74) is 8.98. The number of aromatic nitrogens is 5. The van der Waals surface area contributed by atoms with Crippen molar-refractivity contribution in [3.05, 3.63) is 42.1 Å². The van der Waals surface area contributed by atoms with Crippen molar-refractivity contribution in [3.8, 4) is 23.0 Å². The highest BCUT2D eigenvalue weighted by Crippen LogP contribution is 2.28. The van der Waals surface area contributed by atoms with Crippen LogP contribution >= 0.6 is 0 Å². The third kappa shape index (κ3) is 1.99. The van der Waals surface area contributed by atoms with Crippen LogP contribution in [0.1, 0.15) is 5.69 Å². The number of nitrogen functional groups attached to an aromatic ring is 1. The summed E-state index contributed by atoms with van der Waals surface area (Å²) >= 11 is 0. The molecule has 0 aliphatic carbocycles. The van der Waals surface area contributed by atoms with E-state index in [-0.39, 0.29) is 0 Å². The molecule has 3 aromatic heterocycles. The van der Waals surface area contributed by atoms with Crippen molar-refractivity contribution < 1.29 is 4.52 Å². The smallest absolute Gasteiger partial charge is 0.278 e. The Hall–Kier alpha value is -3.22. The number of hydrogen-bond acceptors (Lipinski definition) is 6. The summed E-state index contributed by atoms with van der Waals surface area (Å²) in [6.45, 7) is 1.91. The first kappa shape index (κ1) is 12.5. The van der Waals surface area contributed by atoms with E-state index >= 15 is 0 Å². The van der Waals surface area contributed by atoms with Gasteiger partial charge in [0, 0.05) is 16.6 Å². The van der Waals surface area contributed by atoms with Crippen molar-refractivity contribution in [1.82, 2.24) is 25.3 Å². The molecule has 0 bridgehead atoms. The topological polar surface area (TPSA) is 107 Å². The number of nitrogens with two attached hydrogens (primary N) is 1. The van der Waals surface area contributed by atoms with Crippen LogP contribution in [0.3, 0.4) is 0 Å². The molecule has 0 aliphatic rings. The lowest BCUT2D eigenvalue weighted by atomic mass is 10.1. The molecule has 22 heavy (non-hydrogen) atoms. The Balaban J connectivity index is 1.88. The first-order valence-corrected chi connectivity index (χ1v) is 6.72. The summed E-state index contributed by atoms with van der Waals surface area (Å²) in [6.07, 6.45) is 0. The molecule has 0 saturated heterocycles. The molecule has 1 aromatic carbocycles. The molecular weight excluding hydrogens is 280 g/mol. The van der Waals surface area contributed by atoms with Gasteiger partial charge in [0.25, 0.3) is 5.89 Å². The number of benzene rings is 1. The van der Waals surface area contributed by atoms with E-state index in [9.17, 15) is 0 Å². The van der Waals surface area contributed by atoms with Gasteiger partial charge >= 0.3 is 0 Å². The molecule has 3 heterocycles. The van der Waals surface area contributed by atoms with Gasteiger partial charge in [-0.25, -0.2) is 4.98 Å². The summed E-state index contributed by atoms with van der Waals surface area (Å²) in [6, 6.07) is 11.3. The van der Waals surface area contributed by atoms with Gasteiger partial charge in [0.2, 0.25) is 5.82 Å². The van der Waals surface area contributed by atoms with E-state index in [1.165, 1.54) is 0 Å². The van der Waals surface area contributed by atoms with E-state index in [2.05, 4.69) is 25.3 Å². The highest BCUT2D eigenvalue weighted by atomic mass is 16.5. The zero-order chi connectivity index (χ0) is 15.1. The van der Waals surface area contributed by atoms with Crippen LogP contribution in [0, 0.1) is 6.92 Å².